The Kier molecular flexibility index (Phi) is 23.8. The van der Waals surface area contributed by atoms with E-state index in [0.717, 1.165) is 24.8 Å². The van der Waals surface area contributed by atoms with Crippen LogP contribution in [0.4, 0.5) is 0 Å². The second-order valence-electron chi connectivity index (χ2n) is 20.6. The zero-order valence-corrected chi connectivity index (χ0v) is 45.0. The lowest BCUT2D eigenvalue weighted by atomic mass is 9.79. The van der Waals surface area contributed by atoms with E-state index in [2.05, 4.69) is 0 Å². The molecular weight excluding hydrogens is 922 g/mol. The number of carbonyl (C=O) groups is 5. The standard InChI is InChI=1S/C53H84NO13PS/c1-32-17-13-12-14-18-33(2)43(63-8)29-40-22-20-38(7)53(61,67-40)50(58)51(59)54-24-16-15-19-41(54)52(60)66-44(35(4)27-39-21-23-46(45(28-39)64-9)69-31-68(11)62)30-42(55)34(3)26-37(6)48(57)49(65-10)47(56)36(5)25-32/h12-14,17-18,26,32,34-36,38-41,43-46,48-49,57,61,68H,15-16,19-25,27-31H2,1-11H3/b14-12+,17-13+,33-18+,37-26+/t32-,34-,35-,36-,38-,39+,40+,41+,43+,44+,45-,46?,48-,49+,53-/m1/s1. The number of esters is 1. The van der Waals surface area contributed by atoms with Gasteiger partial charge >= 0.3 is 5.97 Å². The topological polar surface area (TPSA) is 192 Å². The summed E-state index contributed by atoms with van der Waals surface area (Å²) in [5.41, 5.74) is 1.87. The number of rotatable bonds is 9. The second-order valence-corrected chi connectivity index (χ2v) is 24.1. The van der Waals surface area contributed by atoms with Gasteiger partial charge in [-0.3, -0.25) is 19.2 Å². The smallest absolute Gasteiger partial charge is 0.329 e. The number of hydrogen-bond acceptors (Lipinski definition) is 14. The number of fused-ring (bicyclic) bond motifs is 3. The van der Waals surface area contributed by atoms with Crippen molar-refractivity contribution in [1.82, 2.24) is 4.90 Å². The Morgan fingerprint density at radius 1 is 0.899 bits per heavy atom. The highest BCUT2D eigenvalue weighted by molar-refractivity contribution is 8.04. The van der Waals surface area contributed by atoms with Gasteiger partial charge in [-0.1, -0.05) is 71.1 Å². The van der Waals surface area contributed by atoms with E-state index in [1.54, 1.807) is 59.5 Å². The highest BCUT2D eigenvalue weighted by Crippen LogP contribution is 2.41. The number of Topliss-reactive ketones (excluding diaryl/α,β-unsaturated/α-hetero) is 3. The van der Waals surface area contributed by atoms with Crippen molar-refractivity contribution in [1.29, 1.82) is 0 Å². The van der Waals surface area contributed by atoms with E-state index in [-0.39, 0.29) is 60.1 Å². The predicted octanol–water partition coefficient (Wildman–Crippen LogP) is 8.07. The van der Waals surface area contributed by atoms with Gasteiger partial charge in [0.2, 0.25) is 5.79 Å². The Labute approximate surface area is 416 Å². The number of carbonyl (C=O) groups excluding carboxylic acids is 5. The summed E-state index contributed by atoms with van der Waals surface area (Å²) in [6.07, 6.45) is 12.8. The van der Waals surface area contributed by atoms with E-state index in [0.29, 0.717) is 56.0 Å². The first-order valence-electron chi connectivity index (χ1n) is 25.2. The molecule has 3 fully saturated rings. The summed E-state index contributed by atoms with van der Waals surface area (Å²) >= 11 is 1.69. The van der Waals surface area contributed by atoms with Crippen molar-refractivity contribution in [2.45, 2.75) is 179 Å². The van der Waals surface area contributed by atoms with Crippen molar-refractivity contribution >= 4 is 48.8 Å². The molecule has 0 spiro atoms. The number of methoxy groups -OCH3 is 3. The van der Waals surface area contributed by atoms with E-state index in [4.69, 9.17) is 23.7 Å². The fraction of sp³-hybridized carbons (Fsp3) is 0.755. The number of nitrogens with zero attached hydrogens (tertiary/aromatic N) is 1. The average Bonchev–Trinajstić information content (AvgIpc) is 3.32. The first-order valence-corrected chi connectivity index (χ1v) is 28.4. The van der Waals surface area contributed by atoms with Crippen molar-refractivity contribution in [2.75, 3.05) is 40.0 Å². The minimum absolute atomic E-state index is 0.0183. The maximum absolute atomic E-state index is 14.5. The summed E-state index contributed by atoms with van der Waals surface area (Å²) in [4.78, 5) is 72.3. The normalized spacial score (nSPS) is 39.2. The number of cyclic esters (lactones) is 1. The fourth-order valence-corrected chi connectivity index (χ4v) is 13.0. The lowest BCUT2D eigenvalue weighted by Gasteiger charge is -2.42. The minimum atomic E-state index is -2.43. The molecule has 0 aromatic carbocycles. The SMILES string of the molecule is CO[C@H]1C[C@@H]2CC[C@@H](C)[C@@](O)(O2)C(=O)C(=O)N2CCCC[C@H]2C(=O)O[C@H]([C@H](C)C[C@@H]2CCC(SC[PH](C)=O)[C@H](OC)C2)CC(=O)[C@H](C)/C=C(\C)[C@@H](O)[C@@H](OC)C(=O)[C@H](C)C[C@H](C)/C=C/C=C/C=C/1C. The molecule has 2 unspecified atom stereocenters. The molecule has 1 aliphatic carbocycles. The summed E-state index contributed by atoms with van der Waals surface area (Å²) in [7, 11) is 3.01. The van der Waals surface area contributed by atoms with Crippen LogP contribution >= 0.6 is 19.6 Å². The van der Waals surface area contributed by atoms with Crippen molar-refractivity contribution in [3.8, 4) is 0 Å². The third kappa shape index (κ3) is 16.4. The fourth-order valence-electron chi connectivity index (χ4n) is 10.5. The van der Waals surface area contributed by atoms with Crippen LogP contribution in [-0.4, -0.2) is 138 Å². The van der Waals surface area contributed by atoms with Crippen LogP contribution in [0.15, 0.2) is 47.6 Å². The van der Waals surface area contributed by atoms with Gasteiger partial charge in [0.1, 0.15) is 30.1 Å². The lowest BCUT2D eigenvalue weighted by Crippen LogP contribution is -2.61. The monoisotopic (exact) mass is 1010 g/mol. The number of thioether (sulfide) groups is 1. The number of allylic oxidation sites excluding steroid dienone is 6. The first kappa shape index (κ1) is 58.8. The Morgan fingerprint density at radius 2 is 1.62 bits per heavy atom. The molecule has 1 amide bonds. The largest absolute Gasteiger partial charge is 0.460 e. The minimum Gasteiger partial charge on any atom is -0.460 e. The summed E-state index contributed by atoms with van der Waals surface area (Å²) < 4.78 is 41.9. The highest BCUT2D eigenvalue weighted by Gasteiger charge is 2.53. The Morgan fingerprint density at radius 3 is 2.29 bits per heavy atom. The molecule has 16 atom stereocenters. The summed E-state index contributed by atoms with van der Waals surface area (Å²) in [5, 5.41) is 23.7. The number of ether oxygens (including phenoxy) is 5. The zero-order chi connectivity index (χ0) is 51.2. The van der Waals surface area contributed by atoms with E-state index < -0.39 is 85.6 Å². The molecular formula is C53H84NO13PS. The van der Waals surface area contributed by atoms with E-state index >= 15 is 0 Å². The van der Waals surface area contributed by atoms with Crippen molar-refractivity contribution < 1.29 is 62.4 Å². The van der Waals surface area contributed by atoms with Gasteiger partial charge in [0.05, 0.1) is 26.1 Å². The maximum Gasteiger partial charge on any atom is 0.329 e. The third-order valence-electron chi connectivity index (χ3n) is 15.0. The molecule has 1 saturated carbocycles. The van der Waals surface area contributed by atoms with Crippen molar-refractivity contribution in [3.05, 3.63) is 47.6 Å². The Balaban J connectivity index is 1.70. The van der Waals surface area contributed by atoms with E-state index in [1.807, 2.05) is 58.1 Å². The van der Waals surface area contributed by atoms with Crippen LogP contribution < -0.4 is 0 Å². The molecule has 2 N–H and O–H groups in total. The van der Waals surface area contributed by atoms with E-state index in [1.165, 1.54) is 12.0 Å². The predicted molar refractivity (Wildman–Crippen MR) is 270 cm³/mol. The van der Waals surface area contributed by atoms with Crippen LogP contribution in [0.25, 0.3) is 0 Å². The summed E-state index contributed by atoms with van der Waals surface area (Å²) in [5.74, 6) is -7.82. The first-order chi connectivity index (χ1) is 32.6. The molecule has 3 aliphatic heterocycles. The molecule has 4 aliphatic rings. The molecule has 0 radical (unpaired) electrons. The summed E-state index contributed by atoms with van der Waals surface area (Å²) in [6, 6.07) is -1.14. The molecule has 0 aromatic heterocycles. The molecule has 16 heteroatoms. The molecule has 2 saturated heterocycles. The number of aliphatic hydroxyl groups is 2. The van der Waals surface area contributed by atoms with Crippen LogP contribution in [0.5, 0.6) is 0 Å². The van der Waals surface area contributed by atoms with Gasteiger partial charge in [-0.15, -0.1) is 11.8 Å². The number of ketones is 3. The molecule has 3 heterocycles. The zero-order valence-electron chi connectivity index (χ0n) is 43.2. The summed E-state index contributed by atoms with van der Waals surface area (Å²) in [6.45, 7) is 14.6. The van der Waals surface area contributed by atoms with Crippen LogP contribution in [0.3, 0.4) is 0 Å². The van der Waals surface area contributed by atoms with Crippen LogP contribution in [0, 0.1) is 35.5 Å². The van der Waals surface area contributed by atoms with Crippen molar-refractivity contribution in [3.63, 3.8) is 0 Å². The molecule has 4 rings (SSSR count). The van der Waals surface area contributed by atoms with Crippen LogP contribution in [0.1, 0.15) is 126 Å². The number of amides is 1. The van der Waals surface area contributed by atoms with Gasteiger partial charge < -0.3 is 43.4 Å². The lowest BCUT2D eigenvalue weighted by molar-refractivity contribution is -0.265. The molecule has 69 heavy (non-hydrogen) atoms. The molecule has 2 bridgehead atoms. The molecule has 0 aromatic rings. The maximum atomic E-state index is 14.5. The Hall–Kier alpha value is -2.75. The quantitative estimate of drug-likeness (QED) is 0.0975. The van der Waals surface area contributed by atoms with E-state index in [9.17, 15) is 38.8 Å². The molecule has 14 nitrogen and oxygen atoms in total. The van der Waals surface area contributed by atoms with Gasteiger partial charge in [0, 0.05) is 69.2 Å². The van der Waals surface area contributed by atoms with Crippen LogP contribution in [0.2, 0.25) is 0 Å². The second kappa shape index (κ2) is 27.9. The van der Waals surface area contributed by atoms with Gasteiger partial charge in [-0.25, -0.2) is 4.79 Å². The van der Waals surface area contributed by atoms with Gasteiger partial charge in [-0.05, 0) is 114 Å². The number of aliphatic hydroxyl groups excluding tert-OH is 1. The third-order valence-corrected chi connectivity index (χ3v) is 18.2. The number of piperidine rings is 1. The Bertz CT molecular complexity index is 1900. The average molecular weight is 1010 g/mol. The van der Waals surface area contributed by atoms with Gasteiger partial charge in [-0.2, -0.15) is 0 Å². The van der Waals surface area contributed by atoms with Crippen LogP contribution in [-0.2, 0) is 52.2 Å². The van der Waals surface area contributed by atoms with Gasteiger partial charge in [0.25, 0.3) is 11.7 Å². The highest BCUT2D eigenvalue weighted by atomic mass is 32.2. The van der Waals surface area contributed by atoms with Gasteiger partial charge in [0.15, 0.2) is 5.78 Å². The van der Waals surface area contributed by atoms with Crippen molar-refractivity contribution in [2.24, 2.45) is 35.5 Å². The molecule has 390 valence electrons. The number of hydrogen-bond donors (Lipinski definition) is 2.